The summed E-state index contributed by atoms with van der Waals surface area (Å²) in [6.45, 7) is 1.36. The molecule has 0 bridgehead atoms. The van der Waals surface area contributed by atoms with Crippen LogP contribution in [-0.2, 0) is 9.53 Å². The van der Waals surface area contributed by atoms with Gasteiger partial charge in [-0.2, -0.15) is 0 Å². The van der Waals surface area contributed by atoms with Crippen LogP contribution >= 0.6 is 0 Å². The number of hydrogen-bond donors (Lipinski definition) is 2. The van der Waals surface area contributed by atoms with Crippen molar-refractivity contribution in [3.8, 4) is 12.3 Å². The standard InChI is InChI=1S/C16H19NO3/c1-2-8-17-15-10-12(11-20-9-7-16(18)19)13-5-3-4-6-14(13)15/h1,3-6,12,15,17H,7-11H2,(H,18,19). The summed E-state index contributed by atoms with van der Waals surface area (Å²) < 4.78 is 5.49. The molecule has 0 heterocycles. The Morgan fingerprint density at radius 3 is 2.90 bits per heavy atom. The molecule has 4 heteroatoms. The average molecular weight is 273 g/mol. The van der Waals surface area contributed by atoms with Gasteiger partial charge in [-0.1, -0.05) is 30.2 Å². The Morgan fingerprint density at radius 2 is 2.20 bits per heavy atom. The van der Waals surface area contributed by atoms with Crippen LogP contribution in [0.3, 0.4) is 0 Å². The molecule has 2 atom stereocenters. The molecule has 20 heavy (non-hydrogen) atoms. The lowest BCUT2D eigenvalue weighted by Gasteiger charge is -2.13. The van der Waals surface area contributed by atoms with Crippen LogP contribution in [0.2, 0.25) is 0 Å². The quantitative estimate of drug-likeness (QED) is 0.589. The Bertz CT molecular complexity index is 507. The van der Waals surface area contributed by atoms with Crippen molar-refractivity contribution in [2.45, 2.75) is 24.8 Å². The van der Waals surface area contributed by atoms with E-state index >= 15 is 0 Å². The number of hydrogen-bond acceptors (Lipinski definition) is 3. The third-order valence-electron chi connectivity index (χ3n) is 3.56. The second-order valence-electron chi connectivity index (χ2n) is 4.92. The Kier molecular flexibility index (Phi) is 5.16. The van der Waals surface area contributed by atoms with Crippen molar-refractivity contribution >= 4 is 5.97 Å². The van der Waals surface area contributed by atoms with Crippen LogP contribution in [0.5, 0.6) is 0 Å². The van der Waals surface area contributed by atoms with E-state index in [1.165, 1.54) is 11.1 Å². The van der Waals surface area contributed by atoms with E-state index in [2.05, 4.69) is 23.4 Å². The third-order valence-corrected chi connectivity index (χ3v) is 3.56. The molecule has 1 aromatic rings. The van der Waals surface area contributed by atoms with Crippen molar-refractivity contribution in [3.63, 3.8) is 0 Å². The Hall–Kier alpha value is -1.83. The van der Waals surface area contributed by atoms with E-state index in [9.17, 15) is 4.79 Å². The van der Waals surface area contributed by atoms with Crippen molar-refractivity contribution < 1.29 is 14.6 Å². The molecular formula is C16H19NO3. The molecule has 0 saturated heterocycles. The van der Waals surface area contributed by atoms with Crippen molar-refractivity contribution in [2.24, 2.45) is 0 Å². The first-order valence-corrected chi connectivity index (χ1v) is 6.77. The number of carboxylic acid groups (broad SMARTS) is 1. The molecule has 2 rings (SSSR count). The van der Waals surface area contributed by atoms with Crippen molar-refractivity contribution in [1.29, 1.82) is 0 Å². The first-order valence-electron chi connectivity index (χ1n) is 6.77. The first kappa shape index (κ1) is 14.6. The predicted molar refractivity (Wildman–Crippen MR) is 76.4 cm³/mol. The molecule has 0 aromatic heterocycles. The maximum atomic E-state index is 10.5. The predicted octanol–water partition coefficient (Wildman–Crippen LogP) is 1.93. The fourth-order valence-corrected chi connectivity index (χ4v) is 2.66. The van der Waals surface area contributed by atoms with Gasteiger partial charge in [0.05, 0.1) is 26.2 Å². The van der Waals surface area contributed by atoms with Gasteiger partial charge in [0.25, 0.3) is 0 Å². The number of terminal acetylenes is 1. The zero-order valence-corrected chi connectivity index (χ0v) is 11.3. The SMILES string of the molecule is C#CCNC1CC(COCCC(=O)O)c2ccccc21. The lowest BCUT2D eigenvalue weighted by atomic mass is 10.0. The first-order chi connectivity index (χ1) is 9.72. The van der Waals surface area contributed by atoms with Gasteiger partial charge in [0.1, 0.15) is 0 Å². The summed E-state index contributed by atoms with van der Waals surface area (Å²) in [4.78, 5) is 10.5. The molecule has 1 aromatic carbocycles. The zero-order chi connectivity index (χ0) is 14.4. The van der Waals surface area contributed by atoms with Gasteiger partial charge in [-0.15, -0.1) is 6.42 Å². The number of carboxylic acids is 1. The van der Waals surface area contributed by atoms with E-state index in [0.29, 0.717) is 19.1 Å². The highest BCUT2D eigenvalue weighted by Crippen LogP contribution is 2.40. The van der Waals surface area contributed by atoms with E-state index in [0.717, 1.165) is 6.42 Å². The van der Waals surface area contributed by atoms with Crippen LogP contribution < -0.4 is 5.32 Å². The van der Waals surface area contributed by atoms with Crippen molar-refractivity contribution in [1.82, 2.24) is 5.32 Å². The molecule has 106 valence electrons. The molecule has 0 radical (unpaired) electrons. The molecule has 0 amide bonds. The van der Waals surface area contributed by atoms with Crippen LogP contribution in [0.15, 0.2) is 24.3 Å². The molecule has 1 aliphatic rings. The van der Waals surface area contributed by atoms with Crippen LogP contribution in [-0.4, -0.2) is 30.8 Å². The highest BCUT2D eigenvalue weighted by Gasteiger charge is 2.30. The maximum Gasteiger partial charge on any atom is 0.305 e. The van der Waals surface area contributed by atoms with Gasteiger partial charge in [-0.05, 0) is 17.5 Å². The molecule has 0 spiro atoms. The maximum absolute atomic E-state index is 10.5. The average Bonchev–Trinajstić information content (AvgIpc) is 2.80. The molecular weight excluding hydrogens is 254 g/mol. The van der Waals surface area contributed by atoms with Gasteiger partial charge in [-0.3, -0.25) is 10.1 Å². The Morgan fingerprint density at radius 1 is 1.45 bits per heavy atom. The number of carbonyl (C=O) groups is 1. The van der Waals surface area contributed by atoms with Crippen LogP contribution in [0, 0.1) is 12.3 Å². The second kappa shape index (κ2) is 7.09. The summed E-state index contributed by atoms with van der Waals surface area (Å²) in [6, 6.07) is 8.53. The zero-order valence-electron chi connectivity index (χ0n) is 11.3. The fourth-order valence-electron chi connectivity index (χ4n) is 2.66. The summed E-state index contributed by atoms with van der Waals surface area (Å²) in [7, 11) is 0. The second-order valence-corrected chi connectivity index (χ2v) is 4.92. The van der Waals surface area contributed by atoms with Gasteiger partial charge >= 0.3 is 5.97 Å². The number of fused-ring (bicyclic) bond motifs is 1. The number of rotatable bonds is 7. The molecule has 4 nitrogen and oxygen atoms in total. The Balaban J connectivity index is 1.94. The number of benzene rings is 1. The number of ether oxygens (including phenoxy) is 1. The van der Waals surface area contributed by atoms with Gasteiger partial charge in [-0.25, -0.2) is 0 Å². The minimum atomic E-state index is -0.828. The lowest BCUT2D eigenvalue weighted by Crippen LogP contribution is -2.19. The smallest absolute Gasteiger partial charge is 0.305 e. The van der Waals surface area contributed by atoms with Crippen LogP contribution in [0.1, 0.15) is 35.9 Å². The summed E-state index contributed by atoms with van der Waals surface area (Å²) in [5, 5.41) is 11.9. The van der Waals surface area contributed by atoms with E-state index in [-0.39, 0.29) is 19.1 Å². The lowest BCUT2D eigenvalue weighted by molar-refractivity contribution is -0.138. The number of nitrogens with one attached hydrogen (secondary N) is 1. The molecule has 2 N–H and O–H groups in total. The molecule has 0 saturated carbocycles. The largest absolute Gasteiger partial charge is 0.481 e. The minimum absolute atomic E-state index is 0.0487. The highest BCUT2D eigenvalue weighted by molar-refractivity contribution is 5.66. The van der Waals surface area contributed by atoms with E-state index in [4.69, 9.17) is 16.3 Å². The summed E-state index contributed by atoms with van der Waals surface area (Å²) in [5.74, 6) is 2.07. The molecule has 1 aliphatic carbocycles. The van der Waals surface area contributed by atoms with Gasteiger partial charge in [0.2, 0.25) is 0 Å². The van der Waals surface area contributed by atoms with Crippen LogP contribution in [0.4, 0.5) is 0 Å². The van der Waals surface area contributed by atoms with Crippen LogP contribution in [0.25, 0.3) is 0 Å². The monoisotopic (exact) mass is 273 g/mol. The normalized spacial score (nSPS) is 20.4. The molecule has 0 fully saturated rings. The third kappa shape index (κ3) is 3.60. The topological polar surface area (TPSA) is 58.6 Å². The fraction of sp³-hybridized carbons (Fsp3) is 0.438. The molecule has 2 unspecified atom stereocenters. The minimum Gasteiger partial charge on any atom is -0.481 e. The van der Waals surface area contributed by atoms with Crippen molar-refractivity contribution in [2.75, 3.05) is 19.8 Å². The summed E-state index contributed by atoms with van der Waals surface area (Å²) in [6.07, 6.45) is 6.28. The Labute approximate surface area is 119 Å². The van der Waals surface area contributed by atoms with E-state index < -0.39 is 5.97 Å². The molecule has 0 aliphatic heterocycles. The summed E-state index contributed by atoms with van der Waals surface area (Å²) in [5.41, 5.74) is 2.55. The van der Waals surface area contributed by atoms with E-state index in [1.807, 2.05) is 12.1 Å². The number of aliphatic carboxylic acids is 1. The highest BCUT2D eigenvalue weighted by atomic mass is 16.5. The van der Waals surface area contributed by atoms with Gasteiger partial charge in [0, 0.05) is 12.0 Å². The van der Waals surface area contributed by atoms with E-state index in [1.54, 1.807) is 0 Å². The van der Waals surface area contributed by atoms with Gasteiger partial charge in [0.15, 0.2) is 0 Å². The van der Waals surface area contributed by atoms with Gasteiger partial charge < -0.3 is 9.84 Å². The summed E-state index contributed by atoms with van der Waals surface area (Å²) >= 11 is 0. The van der Waals surface area contributed by atoms with Crippen molar-refractivity contribution in [3.05, 3.63) is 35.4 Å².